The number of hydrogen-bond acceptors (Lipinski definition) is 3. The zero-order chi connectivity index (χ0) is 12.5. The van der Waals surface area contributed by atoms with Gasteiger partial charge in [-0.2, -0.15) is 5.10 Å². The summed E-state index contributed by atoms with van der Waals surface area (Å²) in [6.07, 6.45) is 2.35. The van der Waals surface area contributed by atoms with Gasteiger partial charge in [-0.05, 0) is 25.0 Å². The Morgan fingerprint density at radius 3 is 2.44 bits per heavy atom. The predicted molar refractivity (Wildman–Crippen MR) is 67.1 cm³/mol. The number of nitrogens with zero attached hydrogens (tertiary/aromatic N) is 2. The van der Waals surface area contributed by atoms with Gasteiger partial charge in [0.2, 0.25) is 11.8 Å². The molecule has 1 aromatic heterocycles. The molecule has 2 amide bonds. The summed E-state index contributed by atoms with van der Waals surface area (Å²) >= 11 is 0. The normalized spacial score (nSPS) is 17.2. The number of H-pyrrole nitrogens is 1. The lowest BCUT2D eigenvalue weighted by Crippen LogP contribution is -2.35. The van der Waals surface area contributed by atoms with Crippen molar-refractivity contribution in [2.45, 2.75) is 25.7 Å². The number of fused-ring (bicyclic) bond motifs is 1. The van der Waals surface area contributed by atoms with Crippen molar-refractivity contribution in [2.75, 3.05) is 4.90 Å². The first-order chi connectivity index (χ1) is 8.77. The maximum atomic E-state index is 12.0. The van der Waals surface area contributed by atoms with Crippen LogP contribution in [0.4, 0.5) is 5.82 Å². The number of hydrogen-bond donors (Lipinski definition) is 1. The second-order valence-electron chi connectivity index (χ2n) is 4.42. The van der Waals surface area contributed by atoms with Gasteiger partial charge in [-0.1, -0.05) is 12.1 Å². The molecule has 5 nitrogen and oxygen atoms in total. The monoisotopic (exact) mass is 243 g/mol. The van der Waals surface area contributed by atoms with Gasteiger partial charge in [0.05, 0.1) is 5.52 Å². The molecule has 1 aromatic carbocycles. The van der Waals surface area contributed by atoms with Gasteiger partial charge in [0.1, 0.15) is 0 Å². The largest absolute Gasteiger partial charge is 0.276 e. The summed E-state index contributed by atoms with van der Waals surface area (Å²) in [6.45, 7) is 0. The number of benzene rings is 1. The fourth-order valence-electron chi connectivity index (χ4n) is 2.27. The highest BCUT2D eigenvalue weighted by atomic mass is 16.2. The molecule has 0 spiro atoms. The Bertz CT molecular complexity index is 599. The number of nitrogens with one attached hydrogen (secondary N) is 1. The first-order valence-electron chi connectivity index (χ1n) is 6.06. The summed E-state index contributed by atoms with van der Waals surface area (Å²) < 4.78 is 0. The van der Waals surface area contributed by atoms with E-state index in [1.165, 1.54) is 4.90 Å². The van der Waals surface area contributed by atoms with Crippen LogP contribution in [0.15, 0.2) is 24.3 Å². The highest BCUT2D eigenvalue weighted by molar-refractivity contribution is 6.18. The standard InChI is InChI=1S/C13H13N3O2/c17-11-7-3-4-8-12(18)16(11)13-9-5-1-2-6-10(9)14-15-13/h1-2,5-6H,3-4,7-8H2,(H,14,15). The van der Waals surface area contributed by atoms with Crippen molar-refractivity contribution in [1.82, 2.24) is 10.2 Å². The molecule has 1 saturated heterocycles. The van der Waals surface area contributed by atoms with Gasteiger partial charge in [-0.15, -0.1) is 0 Å². The lowest BCUT2D eigenvalue weighted by molar-refractivity contribution is -0.125. The Kier molecular flexibility index (Phi) is 2.59. The van der Waals surface area contributed by atoms with Crippen LogP contribution in [0.2, 0.25) is 0 Å². The number of carbonyl (C=O) groups excluding carboxylic acids is 2. The van der Waals surface area contributed by atoms with Gasteiger partial charge in [-0.25, -0.2) is 4.90 Å². The number of carbonyl (C=O) groups is 2. The first kappa shape index (κ1) is 11.0. The zero-order valence-corrected chi connectivity index (χ0v) is 9.85. The molecule has 3 rings (SSSR count). The summed E-state index contributed by atoms with van der Waals surface area (Å²) in [5.74, 6) is 0.118. The fourth-order valence-corrected chi connectivity index (χ4v) is 2.27. The Labute approximate surface area is 104 Å². The Balaban J connectivity index is 2.11. The van der Waals surface area contributed by atoms with Gasteiger partial charge in [0, 0.05) is 18.2 Å². The van der Waals surface area contributed by atoms with Crippen molar-refractivity contribution < 1.29 is 9.59 Å². The molecule has 5 heteroatoms. The summed E-state index contributed by atoms with van der Waals surface area (Å²) in [4.78, 5) is 25.3. The maximum absolute atomic E-state index is 12.0. The van der Waals surface area contributed by atoms with Crippen molar-refractivity contribution in [3.8, 4) is 0 Å². The lowest BCUT2D eigenvalue weighted by Gasteiger charge is -2.15. The fraction of sp³-hybridized carbons (Fsp3) is 0.308. The molecule has 92 valence electrons. The number of rotatable bonds is 1. The lowest BCUT2D eigenvalue weighted by atomic mass is 10.2. The van der Waals surface area contributed by atoms with E-state index in [-0.39, 0.29) is 11.8 Å². The highest BCUT2D eigenvalue weighted by Gasteiger charge is 2.28. The minimum atomic E-state index is -0.158. The van der Waals surface area contributed by atoms with Crippen LogP contribution >= 0.6 is 0 Å². The smallest absolute Gasteiger partial charge is 0.235 e. The number of amides is 2. The van der Waals surface area contributed by atoms with E-state index in [2.05, 4.69) is 10.2 Å². The summed E-state index contributed by atoms with van der Waals surface area (Å²) in [5.41, 5.74) is 0.831. The molecular weight excluding hydrogens is 230 g/mol. The molecule has 1 aliphatic rings. The molecule has 0 saturated carbocycles. The van der Waals surface area contributed by atoms with E-state index in [1.807, 2.05) is 24.3 Å². The third-order valence-corrected chi connectivity index (χ3v) is 3.19. The van der Waals surface area contributed by atoms with Gasteiger partial charge < -0.3 is 0 Å². The summed E-state index contributed by atoms with van der Waals surface area (Å²) in [7, 11) is 0. The number of imide groups is 1. The molecule has 1 fully saturated rings. The molecule has 0 unspecified atom stereocenters. The number of aromatic amines is 1. The van der Waals surface area contributed by atoms with E-state index in [4.69, 9.17) is 0 Å². The average molecular weight is 243 g/mol. The molecule has 0 bridgehead atoms. The highest BCUT2D eigenvalue weighted by Crippen LogP contribution is 2.27. The Hall–Kier alpha value is -2.17. The van der Waals surface area contributed by atoms with E-state index in [9.17, 15) is 9.59 Å². The minimum absolute atomic E-state index is 0.158. The van der Waals surface area contributed by atoms with Gasteiger partial charge in [0.25, 0.3) is 0 Å². The SMILES string of the molecule is O=C1CCCCC(=O)N1c1n[nH]c2ccccc12. The molecule has 2 heterocycles. The minimum Gasteiger partial charge on any atom is -0.276 e. The second-order valence-corrected chi connectivity index (χ2v) is 4.42. The van der Waals surface area contributed by atoms with E-state index in [0.717, 1.165) is 23.7 Å². The summed E-state index contributed by atoms with van der Waals surface area (Å²) in [5, 5.41) is 7.78. The Morgan fingerprint density at radius 1 is 1.06 bits per heavy atom. The van der Waals surface area contributed by atoms with Crippen LogP contribution < -0.4 is 4.90 Å². The van der Waals surface area contributed by atoms with E-state index in [0.29, 0.717) is 18.7 Å². The van der Waals surface area contributed by atoms with Crippen LogP contribution in [-0.4, -0.2) is 22.0 Å². The molecule has 0 radical (unpaired) electrons. The third-order valence-electron chi connectivity index (χ3n) is 3.19. The molecule has 1 N–H and O–H groups in total. The first-order valence-corrected chi connectivity index (χ1v) is 6.06. The zero-order valence-electron chi connectivity index (χ0n) is 9.85. The van der Waals surface area contributed by atoms with Crippen molar-refractivity contribution in [3.05, 3.63) is 24.3 Å². The van der Waals surface area contributed by atoms with E-state index in [1.54, 1.807) is 0 Å². The van der Waals surface area contributed by atoms with E-state index >= 15 is 0 Å². The van der Waals surface area contributed by atoms with Crippen LogP contribution in [0.3, 0.4) is 0 Å². The van der Waals surface area contributed by atoms with Crippen molar-refractivity contribution >= 4 is 28.5 Å². The van der Waals surface area contributed by atoms with Gasteiger partial charge in [0.15, 0.2) is 5.82 Å². The van der Waals surface area contributed by atoms with Crippen molar-refractivity contribution in [1.29, 1.82) is 0 Å². The van der Waals surface area contributed by atoms with Crippen molar-refractivity contribution in [2.24, 2.45) is 0 Å². The van der Waals surface area contributed by atoms with E-state index < -0.39 is 0 Å². The average Bonchev–Trinajstić information content (AvgIpc) is 2.72. The van der Waals surface area contributed by atoms with Crippen LogP contribution in [0.5, 0.6) is 0 Å². The van der Waals surface area contributed by atoms with Crippen molar-refractivity contribution in [3.63, 3.8) is 0 Å². The van der Waals surface area contributed by atoms with Crippen LogP contribution in [0, 0.1) is 0 Å². The number of aromatic nitrogens is 2. The number of para-hydroxylation sites is 1. The van der Waals surface area contributed by atoms with Gasteiger partial charge >= 0.3 is 0 Å². The molecule has 2 aromatic rings. The summed E-state index contributed by atoms with van der Waals surface area (Å²) in [6, 6.07) is 7.49. The van der Waals surface area contributed by atoms with Crippen LogP contribution in [0.25, 0.3) is 10.9 Å². The molecule has 0 atom stereocenters. The predicted octanol–water partition coefficient (Wildman–Crippen LogP) is 2.00. The third kappa shape index (κ3) is 1.68. The maximum Gasteiger partial charge on any atom is 0.235 e. The van der Waals surface area contributed by atoms with Crippen LogP contribution in [0.1, 0.15) is 25.7 Å². The molecule has 18 heavy (non-hydrogen) atoms. The second kappa shape index (κ2) is 4.25. The molecule has 0 aliphatic carbocycles. The topological polar surface area (TPSA) is 66.1 Å². The Morgan fingerprint density at radius 2 is 1.72 bits per heavy atom. The molecule has 1 aliphatic heterocycles. The molecular formula is C13H13N3O2. The quantitative estimate of drug-likeness (QED) is 0.779. The van der Waals surface area contributed by atoms with Gasteiger partial charge in [-0.3, -0.25) is 14.7 Å². The number of anilines is 1. The van der Waals surface area contributed by atoms with Crippen LogP contribution in [-0.2, 0) is 9.59 Å².